The zero-order chi connectivity index (χ0) is 13.1. The minimum absolute atomic E-state index is 0.0307. The van der Waals surface area contributed by atoms with Crippen LogP contribution < -0.4 is 0 Å². The molecule has 0 unspecified atom stereocenters. The fourth-order valence-corrected chi connectivity index (χ4v) is 2.31. The van der Waals surface area contributed by atoms with Crippen molar-refractivity contribution in [2.45, 2.75) is 58.8 Å². The van der Waals surface area contributed by atoms with Crippen molar-refractivity contribution in [2.75, 3.05) is 0 Å². The van der Waals surface area contributed by atoms with Crippen molar-refractivity contribution < 1.29 is 14.3 Å². The normalized spacial score (nSPS) is 29.8. The molecule has 3 heteroatoms. The lowest BCUT2D eigenvalue weighted by molar-refractivity contribution is -0.151. The predicted octanol–water partition coefficient (Wildman–Crippen LogP) is 3.36. The summed E-state index contributed by atoms with van der Waals surface area (Å²) in [6, 6.07) is 0. The van der Waals surface area contributed by atoms with Crippen molar-refractivity contribution in [3.8, 4) is 0 Å². The lowest BCUT2D eigenvalue weighted by Crippen LogP contribution is -2.15. The molecular weight excluding hydrogens is 228 g/mol. The lowest BCUT2D eigenvalue weighted by Gasteiger charge is -2.06. The Morgan fingerprint density at radius 1 is 1.22 bits per heavy atom. The lowest BCUT2D eigenvalue weighted by atomic mass is 10.00. The average molecular weight is 250 g/mol. The summed E-state index contributed by atoms with van der Waals surface area (Å²) >= 11 is 0. The second kappa shape index (κ2) is 5.70. The van der Waals surface area contributed by atoms with Crippen LogP contribution in [0.3, 0.4) is 0 Å². The molecule has 0 spiro atoms. The molecule has 0 N–H and O–H groups in total. The summed E-state index contributed by atoms with van der Waals surface area (Å²) in [6.45, 7) is 6.40. The first kappa shape index (κ1) is 13.3. The highest BCUT2D eigenvalue weighted by Crippen LogP contribution is 2.40. The summed E-state index contributed by atoms with van der Waals surface area (Å²) < 4.78 is 10.2. The van der Waals surface area contributed by atoms with Crippen LogP contribution in [0.1, 0.15) is 46.5 Å². The average Bonchev–Trinajstić information content (AvgIpc) is 2.96. The van der Waals surface area contributed by atoms with E-state index in [1.165, 1.54) is 11.1 Å². The van der Waals surface area contributed by atoms with Gasteiger partial charge in [-0.05, 0) is 46.5 Å². The molecule has 0 aromatic carbocycles. The molecule has 0 amide bonds. The molecule has 2 aliphatic rings. The topological polar surface area (TPSA) is 38.8 Å². The van der Waals surface area contributed by atoms with Gasteiger partial charge in [0.05, 0.1) is 5.92 Å². The summed E-state index contributed by atoms with van der Waals surface area (Å²) in [4.78, 5) is 11.4. The van der Waals surface area contributed by atoms with Gasteiger partial charge in [-0.3, -0.25) is 4.79 Å². The van der Waals surface area contributed by atoms with Crippen molar-refractivity contribution >= 4 is 5.97 Å². The number of ether oxygens (including phenoxy) is 2. The van der Waals surface area contributed by atoms with Gasteiger partial charge in [-0.25, -0.2) is 0 Å². The Kier molecular flexibility index (Phi) is 4.23. The predicted molar refractivity (Wildman–Crippen MR) is 69.9 cm³/mol. The fourth-order valence-electron chi connectivity index (χ4n) is 2.31. The summed E-state index contributed by atoms with van der Waals surface area (Å²) in [5, 5.41) is 0. The summed E-state index contributed by atoms with van der Waals surface area (Å²) in [6.07, 6.45) is 8.32. The summed E-state index contributed by atoms with van der Waals surface area (Å²) in [5.74, 6) is -0.108. The van der Waals surface area contributed by atoms with Crippen LogP contribution in [0.5, 0.6) is 0 Å². The maximum atomic E-state index is 11.4. The quantitative estimate of drug-likeness (QED) is 0.412. The molecule has 0 bridgehead atoms. The Balaban J connectivity index is 1.67. The minimum atomic E-state index is -0.217. The van der Waals surface area contributed by atoms with Crippen molar-refractivity contribution in [2.24, 2.45) is 5.92 Å². The SMILES string of the molecule is CC(C)=CCC/C(C)=C/CC[C@H]1C(=O)O[C@@H]2O[C@@H]21. The van der Waals surface area contributed by atoms with Crippen LogP contribution in [0, 0.1) is 5.92 Å². The van der Waals surface area contributed by atoms with Crippen LogP contribution in [-0.4, -0.2) is 18.4 Å². The largest absolute Gasteiger partial charge is 0.433 e. The van der Waals surface area contributed by atoms with E-state index in [2.05, 4.69) is 32.9 Å². The Morgan fingerprint density at radius 2 is 2.00 bits per heavy atom. The zero-order valence-electron chi connectivity index (χ0n) is 11.4. The molecule has 2 fully saturated rings. The monoisotopic (exact) mass is 250 g/mol. The van der Waals surface area contributed by atoms with E-state index in [4.69, 9.17) is 9.47 Å². The van der Waals surface area contributed by atoms with Gasteiger partial charge < -0.3 is 9.47 Å². The molecule has 100 valence electrons. The first-order chi connectivity index (χ1) is 8.58. The number of hydrogen-bond acceptors (Lipinski definition) is 3. The van der Waals surface area contributed by atoms with E-state index in [1.54, 1.807) is 0 Å². The summed E-state index contributed by atoms with van der Waals surface area (Å²) in [7, 11) is 0. The highest BCUT2D eigenvalue weighted by molar-refractivity contribution is 5.76. The van der Waals surface area contributed by atoms with Gasteiger partial charge in [-0.2, -0.15) is 0 Å². The number of esters is 1. The van der Waals surface area contributed by atoms with Gasteiger partial charge >= 0.3 is 5.97 Å². The van der Waals surface area contributed by atoms with E-state index >= 15 is 0 Å². The Morgan fingerprint density at radius 3 is 2.61 bits per heavy atom. The Bertz CT molecular complexity index is 377. The number of allylic oxidation sites excluding steroid dienone is 4. The number of epoxide rings is 1. The molecule has 0 aliphatic carbocycles. The van der Waals surface area contributed by atoms with Crippen LogP contribution in [0.25, 0.3) is 0 Å². The second-order valence-electron chi connectivity index (χ2n) is 5.46. The van der Waals surface area contributed by atoms with Crippen LogP contribution in [-0.2, 0) is 14.3 Å². The highest BCUT2D eigenvalue weighted by atomic mass is 16.8. The van der Waals surface area contributed by atoms with E-state index in [9.17, 15) is 4.79 Å². The first-order valence-corrected chi connectivity index (χ1v) is 6.73. The van der Waals surface area contributed by atoms with Crippen LogP contribution in [0.15, 0.2) is 23.3 Å². The van der Waals surface area contributed by atoms with Gasteiger partial charge in [0.1, 0.15) is 6.10 Å². The molecule has 0 aromatic rings. The summed E-state index contributed by atoms with van der Waals surface area (Å²) in [5.41, 5.74) is 2.76. The van der Waals surface area contributed by atoms with E-state index in [0.717, 1.165) is 25.7 Å². The molecule has 3 atom stereocenters. The molecule has 2 aliphatic heterocycles. The van der Waals surface area contributed by atoms with Gasteiger partial charge in [-0.15, -0.1) is 0 Å². The second-order valence-corrected chi connectivity index (χ2v) is 5.46. The number of carbonyl (C=O) groups is 1. The minimum Gasteiger partial charge on any atom is -0.433 e. The molecule has 0 radical (unpaired) electrons. The van der Waals surface area contributed by atoms with E-state index in [1.807, 2.05) is 0 Å². The standard InChI is InChI=1S/C15H22O3/c1-10(2)6-4-7-11(3)8-5-9-12-13-15(17-13)18-14(12)16/h6,8,12-13,15H,4-5,7,9H2,1-3H3/b11-8+/t12-,13-,15+/m1/s1. The number of fused-ring (bicyclic) bond motifs is 1. The molecule has 18 heavy (non-hydrogen) atoms. The van der Waals surface area contributed by atoms with Crippen LogP contribution in [0.2, 0.25) is 0 Å². The van der Waals surface area contributed by atoms with Gasteiger partial charge in [0.2, 0.25) is 6.29 Å². The smallest absolute Gasteiger partial charge is 0.314 e. The molecule has 0 aromatic heterocycles. The molecule has 0 saturated carbocycles. The van der Waals surface area contributed by atoms with E-state index < -0.39 is 0 Å². The molecule has 2 saturated heterocycles. The maximum Gasteiger partial charge on any atom is 0.314 e. The third-order valence-electron chi connectivity index (χ3n) is 3.48. The van der Waals surface area contributed by atoms with Crippen LogP contribution >= 0.6 is 0 Å². The molecule has 3 nitrogen and oxygen atoms in total. The number of rotatable bonds is 6. The fraction of sp³-hybridized carbons (Fsp3) is 0.667. The van der Waals surface area contributed by atoms with Crippen molar-refractivity contribution in [1.29, 1.82) is 0 Å². The van der Waals surface area contributed by atoms with E-state index in [-0.39, 0.29) is 24.3 Å². The Labute approximate surface area is 109 Å². The molecule has 2 rings (SSSR count). The zero-order valence-corrected chi connectivity index (χ0v) is 11.4. The first-order valence-electron chi connectivity index (χ1n) is 6.73. The number of carbonyl (C=O) groups excluding carboxylic acids is 1. The third-order valence-corrected chi connectivity index (χ3v) is 3.48. The van der Waals surface area contributed by atoms with Gasteiger partial charge in [0, 0.05) is 0 Å². The van der Waals surface area contributed by atoms with Gasteiger partial charge in [0.25, 0.3) is 0 Å². The van der Waals surface area contributed by atoms with Crippen molar-refractivity contribution in [3.63, 3.8) is 0 Å². The number of hydrogen-bond donors (Lipinski definition) is 0. The van der Waals surface area contributed by atoms with E-state index in [0.29, 0.717) is 0 Å². The van der Waals surface area contributed by atoms with Crippen molar-refractivity contribution in [1.82, 2.24) is 0 Å². The van der Waals surface area contributed by atoms with Gasteiger partial charge in [0.15, 0.2) is 0 Å². The molecular formula is C15H22O3. The molecule has 2 heterocycles. The van der Waals surface area contributed by atoms with Crippen molar-refractivity contribution in [3.05, 3.63) is 23.3 Å². The highest BCUT2D eigenvalue weighted by Gasteiger charge is 2.57. The maximum absolute atomic E-state index is 11.4. The third kappa shape index (κ3) is 3.45. The van der Waals surface area contributed by atoms with Gasteiger partial charge in [-0.1, -0.05) is 23.3 Å². The van der Waals surface area contributed by atoms with Crippen LogP contribution in [0.4, 0.5) is 0 Å². The Hall–Kier alpha value is -1.09.